The standard InChI is InChI=1S/C20H22ClF3N2O5/c1-10(4-5-25-18(28)11-6-13(7-11)31-20(22,23)24)26-19(29)17-9-15(27)14-8-12(21)2-3-16(14)30-17/h2-3,8,11,13,15,17,27H,1,4-7,9H2,(H,25,28)(H,26,29)/t11?,13?,15-,17-/m1/s1. The van der Waals surface area contributed by atoms with Gasteiger partial charge < -0.3 is 20.5 Å². The van der Waals surface area contributed by atoms with Crippen LogP contribution in [0, 0.1) is 5.92 Å². The number of hydrogen-bond acceptors (Lipinski definition) is 5. The zero-order valence-corrected chi connectivity index (χ0v) is 17.1. The van der Waals surface area contributed by atoms with E-state index in [0.29, 0.717) is 22.0 Å². The molecule has 2 atom stereocenters. The smallest absolute Gasteiger partial charge is 0.480 e. The van der Waals surface area contributed by atoms with Gasteiger partial charge in [0, 0.05) is 41.6 Å². The summed E-state index contributed by atoms with van der Waals surface area (Å²) >= 11 is 5.91. The minimum atomic E-state index is -4.70. The largest absolute Gasteiger partial charge is 0.522 e. The molecular formula is C20H22ClF3N2O5. The summed E-state index contributed by atoms with van der Waals surface area (Å²) in [5.74, 6) is -1.01. The minimum absolute atomic E-state index is 0.0110. The number of carbonyl (C=O) groups is 2. The van der Waals surface area contributed by atoms with Crippen molar-refractivity contribution < 1.29 is 37.3 Å². The number of carbonyl (C=O) groups excluding carboxylic acids is 2. The van der Waals surface area contributed by atoms with Crippen LogP contribution in [-0.2, 0) is 14.3 Å². The molecule has 3 rings (SSSR count). The molecule has 0 bridgehead atoms. The number of alkyl halides is 3. The van der Waals surface area contributed by atoms with Gasteiger partial charge in [-0.05, 0) is 31.0 Å². The maximum Gasteiger partial charge on any atom is 0.522 e. The highest BCUT2D eigenvalue weighted by molar-refractivity contribution is 6.30. The fourth-order valence-corrected chi connectivity index (χ4v) is 3.62. The second-order valence-electron chi connectivity index (χ2n) is 7.53. The van der Waals surface area contributed by atoms with Gasteiger partial charge in [0.2, 0.25) is 5.91 Å². The van der Waals surface area contributed by atoms with Crippen molar-refractivity contribution in [1.82, 2.24) is 10.6 Å². The summed E-state index contributed by atoms with van der Waals surface area (Å²) in [5, 5.41) is 15.9. The Bertz CT molecular complexity index is 858. The number of nitrogens with one attached hydrogen (secondary N) is 2. The van der Waals surface area contributed by atoms with Gasteiger partial charge in [0.15, 0.2) is 6.10 Å². The lowest BCUT2D eigenvalue weighted by Crippen LogP contribution is -2.44. The molecule has 0 saturated heterocycles. The minimum Gasteiger partial charge on any atom is -0.480 e. The number of amides is 2. The van der Waals surface area contributed by atoms with Crippen LogP contribution in [-0.4, -0.2) is 42.0 Å². The quantitative estimate of drug-likeness (QED) is 0.579. The molecule has 0 unspecified atom stereocenters. The second kappa shape index (κ2) is 9.46. The molecule has 1 heterocycles. The number of fused-ring (bicyclic) bond motifs is 1. The van der Waals surface area contributed by atoms with Gasteiger partial charge in [-0.1, -0.05) is 18.2 Å². The Morgan fingerprint density at radius 2 is 1.97 bits per heavy atom. The third kappa shape index (κ3) is 6.34. The van der Waals surface area contributed by atoms with Crippen molar-refractivity contribution in [2.24, 2.45) is 5.92 Å². The third-order valence-corrected chi connectivity index (χ3v) is 5.36. The Morgan fingerprint density at radius 1 is 1.26 bits per heavy atom. The van der Waals surface area contributed by atoms with Crippen molar-refractivity contribution in [3.8, 4) is 5.75 Å². The monoisotopic (exact) mass is 462 g/mol. The fourth-order valence-electron chi connectivity index (χ4n) is 3.44. The van der Waals surface area contributed by atoms with Gasteiger partial charge >= 0.3 is 6.36 Å². The van der Waals surface area contributed by atoms with E-state index in [1.807, 2.05) is 0 Å². The van der Waals surface area contributed by atoms with Crippen molar-refractivity contribution in [2.45, 2.75) is 50.4 Å². The fraction of sp³-hybridized carbons (Fsp3) is 0.500. The summed E-state index contributed by atoms with van der Waals surface area (Å²) in [7, 11) is 0. The molecule has 11 heteroatoms. The molecule has 2 amide bonds. The highest BCUT2D eigenvalue weighted by Crippen LogP contribution is 2.37. The molecule has 1 aromatic rings. The molecule has 3 N–H and O–H groups in total. The summed E-state index contributed by atoms with van der Waals surface area (Å²) in [4.78, 5) is 24.4. The molecule has 1 aromatic carbocycles. The van der Waals surface area contributed by atoms with E-state index in [-0.39, 0.29) is 38.1 Å². The number of hydrogen-bond donors (Lipinski definition) is 3. The summed E-state index contributed by atoms with van der Waals surface area (Å²) in [6.07, 6.45) is -7.21. The SMILES string of the molecule is C=C(CCNC(=O)C1CC(OC(F)(F)F)C1)NC(=O)[C@H]1C[C@@H](O)c2cc(Cl)ccc2O1. The first-order valence-corrected chi connectivity index (χ1v) is 10.0. The molecule has 0 aromatic heterocycles. The molecule has 1 aliphatic heterocycles. The van der Waals surface area contributed by atoms with Crippen LogP contribution in [0.3, 0.4) is 0 Å². The van der Waals surface area contributed by atoms with Crippen molar-refractivity contribution in [1.29, 1.82) is 0 Å². The number of benzene rings is 1. The van der Waals surface area contributed by atoms with Crippen LogP contribution in [0.5, 0.6) is 5.75 Å². The lowest BCUT2D eigenvalue weighted by atomic mass is 9.81. The molecule has 0 spiro atoms. The van der Waals surface area contributed by atoms with E-state index in [1.54, 1.807) is 18.2 Å². The second-order valence-corrected chi connectivity index (χ2v) is 7.96. The summed E-state index contributed by atoms with van der Waals surface area (Å²) in [5.41, 5.74) is 0.842. The van der Waals surface area contributed by atoms with E-state index in [1.165, 1.54) is 0 Å². The summed E-state index contributed by atoms with van der Waals surface area (Å²) in [6, 6.07) is 4.75. The summed E-state index contributed by atoms with van der Waals surface area (Å²) in [6.45, 7) is 3.89. The van der Waals surface area contributed by atoms with Crippen molar-refractivity contribution in [3.05, 3.63) is 41.1 Å². The molecular weight excluding hydrogens is 441 g/mol. The van der Waals surface area contributed by atoms with Crippen LogP contribution < -0.4 is 15.4 Å². The highest BCUT2D eigenvalue weighted by atomic mass is 35.5. The molecule has 2 aliphatic rings. The molecule has 7 nitrogen and oxygen atoms in total. The van der Waals surface area contributed by atoms with Crippen LogP contribution in [0.25, 0.3) is 0 Å². The first-order chi connectivity index (χ1) is 14.5. The number of rotatable bonds is 7. The molecule has 31 heavy (non-hydrogen) atoms. The predicted octanol–water partition coefficient (Wildman–Crippen LogP) is 2.98. The Balaban J connectivity index is 1.37. The van der Waals surface area contributed by atoms with Crippen molar-refractivity contribution in [2.75, 3.05) is 6.54 Å². The zero-order valence-electron chi connectivity index (χ0n) is 16.4. The van der Waals surface area contributed by atoms with E-state index >= 15 is 0 Å². The van der Waals surface area contributed by atoms with Gasteiger partial charge in [-0.15, -0.1) is 13.2 Å². The van der Waals surface area contributed by atoms with Crippen molar-refractivity contribution in [3.63, 3.8) is 0 Å². The van der Waals surface area contributed by atoms with Crippen LogP contribution in [0.1, 0.15) is 37.4 Å². The average Bonchev–Trinajstić information content (AvgIpc) is 2.63. The Morgan fingerprint density at radius 3 is 2.65 bits per heavy atom. The van der Waals surface area contributed by atoms with Gasteiger partial charge in [-0.25, -0.2) is 0 Å². The van der Waals surface area contributed by atoms with E-state index in [9.17, 15) is 27.9 Å². The van der Waals surface area contributed by atoms with Crippen LogP contribution in [0.2, 0.25) is 5.02 Å². The first-order valence-electron chi connectivity index (χ1n) is 9.67. The highest BCUT2D eigenvalue weighted by Gasteiger charge is 2.42. The average molecular weight is 463 g/mol. The van der Waals surface area contributed by atoms with Gasteiger partial charge in [0.25, 0.3) is 5.91 Å². The summed E-state index contributed by atoms with van der Waals surface area (Å²) < 4.78 is 45.8. The zero-order chi connectivity index (χ0) is 22.8. The number of halogens is 4. The molecule has 1 fully saturated rings. The van der Waals surface area contributed by atoms with Gasteiger partial charge in [-0.2, -0.15) is 0 Å². The lowest BCUT2D eigenvalue weighted by Gasteiger charge is -2.34. The van der Waals surface area contributed by atoms with Gasteiger partial charge in [0.05, 0.1) is 12.2 Å². The number of aliphatic hydroxyl groups is 1. The Hall–Kier alpha value is -2.30. The van der Waals surface area contributed by atoms with E-state index in [4.69, 9.17) is 16.3 Å². The van der Waals surface area contributed by atoms with Crippen molar-refractivity contribution >= 4 is 23.4 Å². The Labute approximate surface area is 181 Å². The van der Waals surface area contributed by atoms with E-state index < -0.39 is 36.5 Å². The van der Waals surface area contributed by atoms with E-state index in [2.05, 4.69) is 21.9 Å². The van der Waals surface area contributed by atoms with Crippen LogP contribution >= 0.6 is 11.6 Å². The predicted molar refractivity (Wildman–Crippen MR) is 104 cm³/mol. The normalized spacial score (nSPS) is 24.9. The first kappa shape index (κ1) is 23.4. The third-order valence-electron chi connectivity index (χ3n) is 5.12. The maximum absolute atomic E-state index is 12.4. The lowest BCUT2D eigenvalue weighted by molar-refractivity contribution is -0.353. The maximum atomic E-state index is 12.4. The van der Waals surface area contributed by atoms with E-state index in [0.717, 1.165) is 0 Å². The van der Waals surface area contributed by atoms with Gasteiger partial charge in [-0.3, -0.25) is 14.3 Å². The molecule has 1 aliphatic carbocycles. The topological polar surface area (TPSA) is 96.9 Å². The van der Waals surface area contributed by atoms with Gasteiger partial charge in [0.1, 0.15) is 5.75 Å². The number of aliphatic hydroxyl groups excluding tert-OH is 1. The molecule has 0 radical (unpaired) electrons. The molecule has 1 saturated carbocycles. The van der Waals surface area contributed by atoms with Crippen LogP contribution in [0.4, 0.5) is 13.2 Å². The number of ether oxygens (including phenoxy) is 2. The molecule has 170 valence electrons. The van der Waals surface area contributed by atoms with Crippen LogP contribution in [0.15, 0.2) is 30.5 Å². The Kier molecular flexibility index (Phi) is 7.13.